The van der Waals surface area contributed by atoms with Crippen LogP contribution in [0.15, 0.2) is 47.3 Å². The molecule has 0 spiro atoms. The fourth-order valence-electron chi connectivity index (χ4n) is 5.53. The van der Waals surface area contributed by atoms with Gasteiger partial charge in [-0.3, -0.25) is 14.5 Å². The predicted octanol–water partition coefficient (Wildman–Crippen LogP) is 2.14. The van der Waals surface area contributed by atoms with E-state index in [-0.39, 0.29) is 41.9 Å². The summed E-state index contributed by atoms with van der Waals surface area (Å²) in [5.74, 6) is 1.30. The largest absolute Gasteiger partial charge is 0.497 e. The van der Waals surface area contributed by atoms with Crippen molar-refractivity contribution in [3.63, 3.8) is 0 Å². The highest BCUT2D eigenvalue weighted by Crippen LogP contribution is 2.41. The topological polar surface area (TPSA) is 111 Å². The number of anilines is 1. The van der Waals surface area contributed by atoms with Crippen LogP contribution in [0.3, 0.4) is 0 Å². The Bertz CT molecular complexity index is 1260. The van der Waals surface area contributed by atoms with Gasteiger partial charge < -0.3 is 24.9 Å². The molecular weight excluding hydrogens is 434 g/mol. The lowest BCUT2D eigenvalue weighted by Gasteiger charge is -2.38. The van der Waals surface area contributed by atoms with Crippen molar-refractivity contribution in [3.8, 4) is 5.75 Å². The van der Waals surface area contributed by atoms with E-state index < -0.39 is 0 Å². The zero-order chi connectivity index (χ0) is 23.8. The van der Waals surface area contributed by atoms with Gasteiger partial charge in [0.15, 0.2) is 0 Å². The third kappa shape index (κ3) is 4.31. The number of aromatic nitrogens is 2. The number of aromatic amines is 2. The van der Waals surface area contributed by atoms with Gasteiger partial charge in [0.2, 0.25) is 11.8 Å². The second-order valence-corrected chi connectivity index (χ2v) is 9.19. The number of piperidine rings is 1. The Morgan fingerprint density at radius 3 is 2.59 bits per heavy atom. The number of ether oxygens (including phenoxy) is 1. The van der Waals surface area contributed by atoms with E-state index >= 15 is 0 Å². The lowest BCUT2D eigenvalue weighted by atomic mass is 9.82. The molecule has 2 aromatic carbocycles. The molecule has 2 fully saturated rings. The molecule has 2 saturated heterocycles. The fourth-order valence-corrected chi connectivity index (χ4v) is 5.53. The Morgan fingerprint density at radius 2 is 1.85 bits per heavy atom. The smallest absolute Gasteiger partial charge is 0.323 e. The van der Waals surface area contributed by atoms with Gasteiger partial charge in [0.1, 0.15) is 5.75 Å². The summed E-state index contributed by atoms with van der Waals surface area (Å²) in [6, 6.07) is 13.6. The van der Waals surface area contributed by atoms with Crippen LogP contribution in [0, 0.1) is 5.92 Å². The van der Waals surface area contributed by atoms with Gasteiger partial charge in [0.25, 0.3) is 0 Å². The Labute approximate surface area is 197 Å². The molecule has 9 nitrogen and oxygen atoms in total. The van der Waals surface area contributed by atoms with E-state index in [4.69, 9.17) is 4.74 Å². The SMILES string of the molecule is COc1ccc([C@H]2CN(C(C)=O)[C@@H]3CCN(CC(=O)Nc4ccc5[nH]c(=O)[nH]c5c4)C[C@H]23)cc1. The molecule has 34 heavy (non-hydrogen) atoms. The molecule has 1 aromatic heterocycles. The number of H-pyrrole nitrogens is 2. The van der Waals surface area contributed by atoms with Crippen molar-refractivity contribution < 1.29 is 14.3 Å². The lowest BCUT2D eigenvalue weighted by Crippen LogP contribution is -2.49. The van der Waals surface area contributed by atoms with Crippen LogP contribution in [0.1, 0.15) is 24.8 Å². The third-order valence-corrected chi connectivity index (χ3v) is 7.13. The molecule has 178 valence electrons. The van der Waals surface area contributed by atoms with Crippen molar-refractivity contribution in [2.75, 3.05) is 38.6 Å². The molecule has 3 N–H and O–H groups in total. The van der Waals surface area contributed by atoms with Crippen molar-refractivity contribution >= 4 is 28.5 Å². The Morgan fingerprint density at radius 1 is 1.09 bits per heavy atom. The van der Waals surface area contributed by atoms with E-state index in [1.807, 2.05) is 17.0 Å². The van der Waals surface area contributed by atoms with Gasteiger partial charge in [-0.25, -0.2) is 4.79 Å². The fraction of sp³-hybridized carbons (Fsp3) is 0.400. The number of imidazole rings is 1. The number of likely N-dealkylation sites (tertiary alicyclic amines) is 2. The number of carbonyl (C=O) groups excluding carboxylic acids is 2. The maximum atomic E-state index is 12.8. The van der Waals surface area contributed by atoms with E-state index in [1.165, 1.54) is 5.56 Å². The maximum absolute atomic E-state index is 12.8. The van der Waals surface area contributed by atoms with E-state index in [2.05, 4.69) is 32.3 Å². The molecule has 0 bridgehead atoms. The highest BCUT2D eigenvalue weighted by molar-refractivity contribution is 5.94. The number of nitrogens with one attached hydrogen (secondary N) is 3. The quantitative estimate of drug-likeness (QED) is 0.537. The van der Waals surface area contributed by atoms with E-state index in [0.29, 0.717) is 23.3 Å². The summed E-state index contributed by atoms with van der Waals surface area (Å²) in [5.41, 5.74) is 2.91. The van der Waals surface area contributed by atoms with Crippen LogP contribution in [-0.2, 0) is 9.59 Å². The molecule has 3 heterocycles. The minimum atomic E-state index is -0.274. The number of amides is 2. The maximum Gasteiger partial charge on any atom is 0.323 e. The molecule has 3 atom stereocenters. The highest BCUT2D eigenvalue weighted by atomic mass is 16.5. The Hall–Kier alpha value is -3.59. The van der Waals surface area contributed by atoms with Crippen molar-refractivity contribution in [2.24, 2.45) is 5.92 Å². The van der Waals surface area contributed by atoms with Gasteiger partial charge in [-0.1, -0.05) is 12.1 Å². The summed E-state index contributed by atoms with van der Waals surface area (Å²) in [4.78, 5) is 46.2. The van der Waals surface area contributed by atoms with Crippen LogP contribution in [-0.4, -0.2) is 70.9 Å². The number of methoxy groups -OCH3 is 1. The first-order valence-corrected chi connectivity index (χ1v) is 11.6. The van der Waals surface area contributed by atoms with Crippen LogP contribution < -0.4 is 15.7 Å². The van der Waals surface area contributed by atoms with Crippen LogP contribution in [0.5, 0.6) is 5.75 Å². The zero-order valence-electron chi connectivity index (χ0n) is 19.3. The highest BCUT2D eigenvalue weighted by Gasteiger charge is 2.46. The summed E-state index contributed by atoms with van der Waals surface area (Å²) in [6.45, 7) is 4.13. The van der Waals surface area contributed by atoms with Gasteiger partial charge in [-0.05, 0) is 42.3 Å². The minimum Gasteiger partial charge on any atom is -0.497 e. The molecule has 2 aliphatic heterocycles. The molecule has 2 aliphatic rings. The summed E-state index contributed by atoms with van der Waals surface area (Å²) in [5, 5.41) is 2.94. The van der Waals surface area contributed by atoms with Gasteiger partial charge in [0, 0.05) is 50.1 Å². The van der Waals surface area contributed by atoms with E-state index in [9.17, 15) is 14.4 Å². The van der Waals surface area contributed by atoms with Gasteiger partial charge >= 0.3 is 5.69 Å². The van der Waals surface area contributed by atoms with Crippen molar-refractivity contribution in [3.05, 3.63) is 58.5 Å². The van der Waals surface area contributed by atoms with Crippen LogP contribution in [0.2, 0.25) is 0 Å². The first-order valence-electron chi connectivity index (χ1n) is 11.6. The first-order chi connectivity index (χ1) is 16.4. The zero-order valence-corrected chi connectivity index (χ0v) is 19.3. The number of hydrogen-bond acceptors (Lipinski definition) is 5. The summed E-state index contributed by atoms with van der Waals surface area (Å²) in [6.07, 6.45) is 0.848. The molecule has 3 aromatic rings. The molecule has 0 aliphatic carbocycles. The number of nitrogens with zero attached hydrogens (tertiary/aromatic N) is 2. The van der Waals surface area contributed by atoms with Gasteiger partial charge in [-0.15, -0.1) is 0 Å². The van der Waals surface area contributed by atoms with E-state index in [0.717, 1.165) is 25.3 Å². The first kappa shape index (κ1) is 22.2. The van der Waals surface area contributed by atoms with Crippen molar-refractivity contribution in [2.45, 2.75) is 25.3 Å². The van der Waals surface area contributed by atoms with Crippen molar-refractivity contribution in [1.82, 2.24) is 19.8 Å². The molecule has 2 amide bonds. The average Bonchev–Trinajstić information content (AvgIpc) is 3.38. The Balaban J connectivity index is 1.28. The second kappa shape index (κ2) is 8.98. The van der Waals surface area contributed by atoms with Crippen molar-refractivity contribution in [1.29, 1.82) is 0 Å². The monoisotopic (exact) mass is 463 g/mol. The standard InChI is InChI=1S/C25H29N5O4/c1-15(31)30-13-19(16-3-6-18(34-2)7-4-16)20-12-29(10-9-23(20)30)14-24(32)26-17-5-8-21-22(11-17)28-25(33)27-21/h3-8,11,19-20,23H,9-10,12-14H2,1-2H3,(H,26,32)(H2,27,28,33)/t19-,20-,23-/m1/s1. The van der Waals surface area contributed by atoms with Gasteiger partial charge in [-0.2, -0.15) is 0 Å². The lowest BCUT2D eigenvalue weighted by molar-refractivity contribution is -0.131. The summed E-state index contributed by atoms with van der Waals surface area (Å²) in [7, 11) is 1.65. The van der Waals surface area contributed by atoms with Crippen LogP contribution in [0.25, 0.3) is 11.0 Å². The number of rotatable bonds is 5. The number of carbonyl (C=O) groups is 2. The number of benzene rings is 2. The predicted molar refractivity (Wildman–Crippen MR) is 129 cm³/mol. The molecule has 0 unspecified atom stereocenters. The number of fused-ring (bicyclic) bond motifs is 2. The van der Waals surface area contributed by atoms with E-state index in [1.54, 1.807) is 32.2 Å². The van der Waals surface area contributed by atoms with Gasteiger partial charge in [0.05, 0.1) is 24.7 Å². The average molecular weight is 464 g/mol. The normalized spacial score (nSPS) is 22.5. The molecule has 0 radical (unpaired) electrons. The third-order valence-electron chi connectivity index (χ3n) is 7.13. The Kier molecular flexibility index (Phi) is 5.87. The summed E-state index contributed by atoms with van der Waals surface area (Å²) < 4.78 is 5.30. The van der Waals surface area contributed by atoms with Crippen LogP contribution in [0.4, 0.5) is 5.69 Å². The van der Waals surface area contributed by atoms with Crippen LogP contribution >= 0.6 is 0 Å². The number of hydrogen-bond donors (Lipinski definition) is 3. The molecule has 0 saturated carbocycles. The summed E-state index contributed by atoms with van der Waals surface area (Å²) >= 11 is 0. The minimum absolute atomic E-state index is 0.0990. The molecule has 5 rings (SSSR count). The molecule has 9 heteroatoms. The molecular formula is C25H29N5O4. The second-order valence-electron chi connectivity index (χ2n) is 9.19.